The highest BCUT2D eigenvalue weighted by atomic mass is 19.4. The molecule has 1 aliphatic heterocycles. The molecule has 6 rings (SSSR count). The van der Waals surface area contributed by atoms with E-state index in [-0.39, 0.29) is 40.8 Å². The minimum Gasteiger partial charge on any atom is -0.373 e. The van der Waals surface area contributed by atoms with Crippen LogP contribution in [-0.4, -0.2) is 61.7 Å². The molecule has 10 nitrogen and oxygen atoms in total. The highest BCUT2D eigenvalue weighted by Crippen LogP contribution is 2.55. The Labute approximate surface area is 217 Å². The number of aryl methyl sites for hydroxylation is 1. The van der Waals surface area contributed by atoms with E-state index in [1.807, 2.05) is 0 Å². The van der Waals surface area contributed by atoms with Gasteiger partial charge in [-0.1, -0.05) is 0 Å². The van der Waals surface area contributed by atoms with Crippen molar-refractivity contribution in [1.29, 1.82) is 0 Å². The van der Waals surface area contributed by atoms with E-state index in [4.69, 9.17) is 0 Å². The fourth-order valence-electron chi connectivity index (χ4n) is 5.08. The minimum absolute atomic E-state index is 0.0214. The molecule has 1 unspecified atom stereocenters. The number of amides is 2. The second-order valence-electron chi connectivity index (χ2n) is 10.1. The number of alkyl halides is 5. The maximum absolute atomic E-state index is 13.6. The van der Waals surface area contributed by atoms with E-state index in [9.17, 15) is 31.5 Å². The Bertz CT molecular complexity index is 1500. The summed E-state index contributed by atoms with van der Waals surface area (Å²) in [6.45, 7) is -0.771. The second kappa shape index (κ2) is 8.55. The molecule has 39 heavy (non-hydrogen) atoms. The van der Waals surface area contributed by atoms with E-state index in [0.29, 0.717) is 23.8 Å². The fourth-order valence-corrected chi connectivity index (χ4v) is 5.08. The van der Waals surface area contributed by atoms with Crippen LogP contribution in [0.1, 0.15) is 37.7 Å². The minimum atomic E-state index is -5.70. The molecule has 15 heteroatoms. The average Bonchev–Trinajstić information content (AvgIpc) is 3.82. The summed E-state index contributed by atoms with van der Waals surface area (Å²) in [7, 11) is 1.57. The van der Waals surface area contributed by atoms with E-state index in [1.54, 1.807) is 19.2 Å². The van der Waals surface area contributed by atoms with Gasteiger partial charge in [0.1, 0.15) is 17.3 Å². The lowest BCUT2D eigenvalue weighted by Gasteiger charge is -2.27. The first-order valence-corrected chi connectivity index (χ1v) is 12.5. The lowest BCUT2D eigenvalue weighted by atomic mass is 9.76. The molecule has 3 aliphatic rings. The van der Waals surface area contributed by atoms with Crippen molar-refractivity contribution >= 4 is 34.5 Å². The number of nitrogens with zero attached hydrogens (tertiary/aromatic N) is 5. The van der Waals surface area contributed by atoms with Gasteiger partial charge in [0.2, 0.25) is 11.8 Å². The third-order valence-electron chi connectivity index (χ3n) is 7.36. The molecular formula is C24H23F5N8O2. The summed E-state index contributed by atoms with van der Waals surface area (Å²) >= 11 is 0. The third-order valence-corrected chi connectivity index (χ3v) is 7.36. The summed E-state index contributed by atoms with van der Waals surface area (Å²) in [6, 6.07) is 3.14. The predicted octanol–water partition coefficient (Wildman–Crippen LogP) is 3.40. The van der Waals surface area contributed by atoms with Gasteiger partial charge >= 0.3 is 12.1 Å². The number of carbonyl (C=O) groups excluding carboxylic acids is 2. The highest BCUT2D eigenvalue weighted by molar-refractivity contribution is 6.22. The topological polar surface area (TPSA) is 127 Å². The standard InChI is InChI=1S/C24H23F5N8O2/c1-30-16-14-17(35-21(39)23(14,11-4-5-11)20(38)32-12-6-7-12)34-18(33-16)15-13-3-2-9-31-19(13)37(36-15)10-8-22(25,26)24(27,28)29/h2-3,9,11-12H,4-8,10H2,1H3,(H,32,38)(H2,30,33,34,35,39). The van der Waals surface area contributed by atoms with Crippen LogP contribution in [0.5, 0.6) is 0 Å². The molecule has 3 aromatic heterocycles. The van der Waals surface area contributed by atoms with Gasteiger partial charge in [-0.25, -0.2) is 19.6 Å². The van der Waals surface area contributed by atoms with Gasteiger partial charge in [0, 0.05) is 32.3 Å². The summed E-state index contributed by atoms with van der Waals surface area (Å²) in [5.41, 5.74) is -1.03. The molecule has 0 aromatic carbocycles. The summed E-state index contributed by atoms with van der Waals surface area (Å²) in [6.07, 6.45) is -2.83. The van der Waals surface area contributed by atoms with Crippen LogP contribution in [0.25, 0.3) is 22.6 Å². The maximum Gasteiger partial charge on any atom is 0.453 e. The van der Waals surface area contributed by atoms with Crippen molar-refractivity contribution in [2.24, 2.45) is 5.92 Å². The normalized spacial score (nSPS) is 21.1. The molecule has 0 saturated heterocycles. The summed E-state index contributed by atoms with van der Waals surface area (Å²) in [5.74, 6) is -5.75. The molecule has 0 bridgehead atoms. The number of nitrogens with one attached hydrogen (secondary N) is 3. The molecule has 1 atom stereocenters. The Morgan fingerprint density at radius 1 is 1.18 bits per heavy atom. The third kappa shape index (κ3) is 3.97. The zero-order valence-electron chi connectivity index (χ0n) is 20.6. The van der Waals surface area contributed by atoms with Gasteiger partial charge in [0.25, 0.3) is 0 Å². The number of aromatic nitrogens is 5. The van der Waals surface area contributed by atoms with Crippen LogP contribution < -0.4 is 16.0 Å². The molecule has 0 spiro atoms. The highest BCUT2D eigenvalue weighted by Gasteiger charge is 2.64. The number of carbonyl (C=O) groups is 2. The summed E-state index contributed by atoms with van der Waals surface area (Å²) in [5, 5.41) is 13.2. The maximum atomic E-state index is 13.6. The number of fused-ring (bicyclic) bond motifs is 2. The van der Waals surface area contributed by atoms with Crippen LogP contribution in [0.15, 0.2) is 18.3 Å². The Hall–Kier alpha value is -3.91. The molecule has 3 N–H and O–H groups in total. The summed E-state index contributed by atoms with van der Waals surface area (Å²) < 4.78 is 66.4. The zero-order chi connectivity index (χ0) is 27.7. The molecular weight excluding hydrogens is 527 g/mol. The molecule has 2 saturated carbocycles. The molecule has 2 fully saturated rings. The molecule has 3 aromatic rings. The van der Waals surface area contributed by atoms with Crippen molar-refractivity contribution in [2.45, 2.75) is 62.2 Å². The van der Waals surface area contributed by atoms with Gasteiger partial charge in [-0.05, 0) is 43.7 Å². The number of hydrogen-bond acceptors (Lipinski definition) is 7. The fraction of sp³-hybridized carbons (Fsp3) is 0.500. The van der Waals surface area contributed by atoms with Crippen molar-refractivity contribution in [2.75, 3.05) is 17.7 Å². The van der Waals surface area contributed by atoms with E-state index in [1.165, 1.54) is 6.20 Å². The monoisotopic (exact) mass is 550 g/mol. The lowest BCUT2D eigenvalue weighted by Crippen LogP contribution is -2.51. The average molecular weight is 550 g/mol. The summed E-state index contributed by atoms with van der Waals surface area (Å²) in [4.78, 5) is 40.0. The number of halogens is 5. The van der Waals surface area contributed by atoms with E-state index in [2.05, 4.69) is 36.0 Å². The molecule has 2 aliphatic carbocycles. The van der Waals surface area contributed by atoms with Crippen molar-refractivity contribution in [3.63, 3.8) is 0 Å². The smallest absolute Gasteiger partial charge is 0.373 e. The zero-order valence-corrected chi connectivity index (χ0v) is 20.6. The van der Waals surface area contributed by atoms with Crippen molar-refractivity contribution in [3.8, 4) is 11.5 Å². The van der Waals surface area contributed by atoms with Gasteiger partial charge in [-0.15, -0.1) is 0 Å². The van der Waals surface area contributed by atoms with E-state index < -0.39 is 42.3 Å². The largest absolute Gasteiger partial charge is 0.453 e. The first-order chi connectivity index (χ1) is 18.5. The molecule has 206 valence electrons. The van der Waals surface area contributed by atoms with Crippen LogP contribution in [0.3, 0.4) is 0 Å². The van der Waals surface area contributed by atoms with Crippen LogP contribution in [-0.2, 0) is 21.5 Å². The number of hydrogen-bond donors (Lipinski definition) is 3. The number of anilines is 2. The Morgan fingerprint density at radius 3 is 2.56 bits per heavy atom. The quantitative estimate of drug-likeness (QED) is 0.290. The van der Waals surface area contributed by atoms with Crippen molar-refractivity contribution < 1.29 is 31.5 Å². The predicted molar refractivity (Wildman–Crippen MR) is 128 cm³/mol. The number of pyridine rings is 1. The SMILES string of the molecule is CNc1nc(-c2nn(CCC(F)(F)C(F)(F)F)c3ncccc23)nc2c1C(C(=O)NC1CC1)(C1CC1)C(=O)N2. The van der Waals surface area contributed by atoms with Gasteiger partial charge in [0.05, 0.1) is 10.9 Å². The van der Waals surface area contributed by atoms with Gasteiger partial charge in [-0.2, -0.15) is 27.1 Å². The van der Waals surface area contributed by atoms with Gasteiger partial charge in [-0.3, -0.25) is 9.59 Å². The Kier molecular flexibility index (Phi) is 5.56. The molecule has 0 radical (unpaired) electrons. The number of rotatable bonds is 8. The first kappa shape index (κ1) is 25.4. The molecule has 2 amide bonds. The van der Waals surface area contributed by atoms with Crippen LogP contribution in [0.2, 0.25) is 0 Å². The van der Waals surface area contributed by atoms with Crippen molar-refractivity contribution in [3.05, 3.63) is 23.9 Å². The van der Waals surface area contributed by atoms with E-state index >= 15 is 0 Å². The van der Waals surface area contributed by atoms with Crippen molar-refractivity contribution in [1.82, 2.24) is 30.0 Å². The Balaban J connectivity index is 1.43. The first-order valence-electron chi connectivity index (χ1n) is 12.5. The van der Waals surface area contributed by atoms with Gasteiger partial charge in [0.15, 0.2) is 16.9 Å². The molecule has 4 heterocycles. The second-order valence-corrected chi connectivity index (χ2v) is 10.1. The lowest BCUT2D eigenvalue weighted by molar-refractivity contribution is -0.285. The van der Waals surface area contributed by atoms with Crippen LogP contribution >= 0.6 is 0 Å². The van der Waals surface area contributed by atoms with Gasteiger partial charge < -0.3 is 16.0 Å². The van der Waals surface area contributed by atoms with E-state index in [0.717, 1.165) is 17.5 Å². The van der Waals surface area contributed by atoms with Crippen LogP contribution in [0, 0.1) is 5.92 Å². The van der Waals surface area contributed by atoms with Crippen LogP contribution in [0.4, 0.5) is 33.6 Å². The Morgan fingerprint density at radius 2 is 1.92 bits per heavy atom.